The molecule has 0 rings (SSSR count). The molecule has 0 saturated heterocycles. The van der Waals surface area contributed by atoms with E-state index in [9.17, 15) is 5.11 Å². The second-order valence-electron chi connectivity index (χ2n) is 3.72. The third-order valence-electron chi connectivity index (χ3n) is 2.66. The highest BCUT2D eigenvalue weighted by molar-refractivity contribution is 4.74. The number of aliphatic hydroxyl groups excluding tert-OH is 1. The van der Waals surface area contributed by atoms with Gasteiger partial charge in [0.2, 0.25) is 0 Å². The van der Waals surface area contributed by atoms with Crippen molar-refractivity contribution in [3.05, 3.63) is 0 Å². The van der Waals surface area contributed by atoms with Crippen LogP contribution in [0.3, 0.4) is 0 Å². The predicted octanol–water partition coefficient (Wildman–Crippen LogP) is 1.30. The molecule has 0 aliphatic carbocycles. The first-order chi connectivity index (χ1) is 6.04. The largest absolute Gasteiger partial charge is 0.392 e. The molecule has 3 heteroatoms. The Labute approximate surface area is 81.0 Å². The van der Waals surface area contributed by atoms with Crippen LogP contribution in [-0.4, -0.2) is 38.1 Å². The van der Waals surface area contributed by atoms with Gasteiger partial charge in [0.25, 0.3) is 0 Å². The fourth-order valence-corrected chi connectivity index (χ4v) is 1.37. The van der Waals surface area contributed by atoms with Crippen molar-refractivity contribution in [1.82, 2.24) is 0 Å². The van der Waals surface area contributed by atoms with Crippen molar-refractivity contribution < 1.29 is 14.6 Å². The number of rotatable bonds is 6. The van der Waals surface area contributed by atoms with Crippen molar-refractivity contribution in [2.75, 3.05) is 20.8 Å². The SMILES string of the molecule is COCC(C)C(O)C(C)C(C)OC. The molecule has 0 aliphatic heterocycles. The van der Waals surface area contributed by atoms with Gasteiger partial charge >= 0.3 is 0 Å². The Kier molecular flexibility index (Phi) is 6.29. The predicted molar refractivity (Wildman–Crippen MR) is 52.7 cm³/mol. The Morgan fingerprint density at radius 2 is 1.69 bits per heavy atom. The first-order valence-corrected chi connectivity index (χ1v) is 4.74. The van der Waals surface area contributed by atoms with Crippen LogP contribution in [0.25, 0.3) is 0 Å². The van der Waals surface area contributed by atoms with Gasteiger partial charge in [-0.2, -0.15) is 0 Å². The zero-order valence-electron chi connectivity index (χ0n) is 9.28. The molecule has 0 spiro atoms. The van der Waals surface area contributed by atoms with Crippen molar-refractivity contribution >= 4 is 0 Å². The Bertz CT molecular complexity index is 127. The first-order valence-electron chi connectivity index (χ1n) is 4.74. The maximum atomic E-state index is 9.86. The van der Waals surface area contributed by atoms with Gasteiger partial charge in [0.05, 0.1) is 18.8 Å². The molecule has 0 aliphatic rings. The molecule has 1 N–H and O–H groups in total. The van der Waals surface area contributed by atoms with Gasteiger partial charge in [0, 0.05) is 26.1 Å². The molecule has 0 aromatic carbocycles. The van der Waals surface area contributed by atoms with E-state index >= 15 is 0 Å². The van der Waals surface area contributed by atoms with E-state index < -0.39 is 0 Å². The van der Waals surface area contributed by atoms with Gasteiger partial charge < -0.3 is 14.6 Å². The second-order valence-corrected chi connectivity index (χ2v) is 3.72. The molecule has 0 aromatic rings. The molecular formula is C10H22O3. The highest BCUT2D eigenvalue weighted by Crippen LogP contribution is 2.18. The van der Waals surface area contributed by atoms with Crippen LogP contribution in [0.2, 0.25) is 0 Å². The van der Waals surface area contributed by atoms with Gasteiger partial charge in [0.1, 0.15) is 0 Å². The molecule has 80 valence electrons. The third-order valence-corrected chi connectivity index (χ3v) is 2.66. The summed E-state index contributed by atoms with van der Waals surface area (Å²) >= 11 is 0. The minimum Gasteiger partial charge on any atom is -0.392 e. The number of hydrogen-bond acceptors (Lipinski definition) is 3. The summed E-state index contributed by atoms with van der Waals surface area (Å²) < 4.78 is 10.1. The van der Waals surface area contributed by atoms with Crippen LogP contribution in [0.5, 0.6) is 0 Å². The maximum absolute atomic E-state index is 9.86. The molecule has 0 radical (unpaired) electrons. The van der Waals surface area contributed by atoms with Crippen molar-refractivity contribution in [1.29, 1.82) is 0 Å². The summed E-state index contributed by atoms with van der Waals surface area (Å²) in [7, 11) is 3.31. The van der Waals surface area contributed by atoms with E-state index in [1.54, 1.807) is 14.2 Å². The molecule has 13 heavy (non-hydrogen) atoms. The van der Waals surface area contributed by atoms with Crippen LogP contribution in [0.15, 0.2) is 0 Å². The van der Waals surface area contributed by atoms with E-state index in [2.05, 4.69) is 0 Å². The van der Waals surface area contributed by atoms with Gasteiger partial charge in [-0.3, -0.25) is 0 Å². The Morgan fingerprint density at radius 1 is 1.15 bits per heavy atom. The quantitative estimate of drug-likeness (QED) is 0.686. The summed E-state index contributed by atoms with van der Waals surface area (Å²) in [5.41, 5.74) is 0. The van der Waals surface area contributed by atoms with Crippen LogP contribution >= 0.6 is 0 Å². The van der Waals surface area contributed by atoms with E-state index in [1.165, 1.54) is 0 Å². The molecule has 4 unspecified atom stereocenters. The number of methoxy groups -OCH3 is 2. The minimum absolute atomic E-state index is 0.0781. The lowest BCUT2D eigenvalue weighted by molar-refractivity contribution is -0.0339. The lowest BCUT2D eigenvalue weighted by atomic mass is 9.90. The maximum Gasteiger partial charge on any atom is 0.0637 e. The van der Waals surface area contributed by atoms with Gasteiger partial charge in [-0.1, -0.05) is 13.8 Å². The van der Waals surface area contributed by atoms with Gasteiger partial charge in [-0.15, -0.1) is 0 Å². The lowest BCUT2D eigenvalue weighted by Gasteiger charge is -2.28. The van der Waals surface area contributed by atoms with Gasteiger partial charge in [-0.05, 0) is 6.92 Å². The number of ether oxygens (including phenoxy) is 2. The van der Waals surface area contributed by atoms with Crippen molar-refractivity contribution in [3.8, 4) is 0 Å². The zero-order valence-corrected chi connectivity index (χ0v) is 9.28. The molecular weight excluding hydrogens is 168 g/mol. The summed E-state index contributed by atoms with van der Waals surface area (Å²) in [6.45, 7) is 6.52. The monoisotopic (exact) mass is 190 g/mol. The molecule has 0 heterocycles. The highest BCUT2D eigenvalue weighted by atomic mass is 16.5. The average Bonchev–Trinajstić information content (AvgIpc) is 2.14. The van der Waals surface area contributed by atoms with Crippen LogP contribution in [0, 0.1) is 11.8 Å². The lowest BCUT2D eigenvalue weighted by Crippen LogP contribution is -2.35. The minimum atomic E-state index is -0.366. The van der Waals surface area contributed by atoms with Crippen LogP contribution in [0.1, 0.15) is 20.8 Å². The van der Waals surface area contributed by atoms with Gasteiger partial charge in [0.15, 0.2) is 0 Å². The summed E-state index contributed by atoms with van der Waals surface area (Å²) in [6.07, 6.45) is -0.288. The van der Waals surface area contributed by atoms with E-state index in [0.717, 1.165) is 0 Å². The van der Waals surface area contributed by atoms with E-state index in [-0.39, 0.29) is 24.0 Å². The number of hydrogen-bond donors (Lipinski definition) is 1. The third kappa shape index (κ3) is 4.07. The van der Waals surface area contributed by atoms with E-state index in [0.29, 0.717) is 6.61 Å². The summed E-state index contributed by atoms with van der Waals surface area (Å²) in [6, 6.07) is 0. The molecule has 0 saturated carbocycles. The fourth-order valence-electron chi connectivity index (χ4n) is 1.37. The molecule has 0 fully saturated rings. The normalized spacial score (nSPS) is 20.8. The molecule has 0 aromatic heterocycles. The molecule has 0 amide bonds. The van der Waals surface area contributed by atoms with Crippen LogP contribution < -0.4 is 0 Å². The van der Waals surface area contributed by atoms with Crippen molar-refractivity contribution in [2.45, 2.75) is 33.0 Å². The summed E-state index contributed by atoms with van der Waals surface area (Å²) in [5.74, 6) is 0.285. The average molecular weight is 190 g/mol. The van der Waals surface area contributed by atoms with E-state index in [4.69, 9.17) is 9.47 Å². The second kappa shape index (κ2) is 6.35. The summed E-state index contributed by atoms with van der Waals surface area (Å²) in [5, 5.41) is 9.86. The zero-order chi connectivity index (χ0) is 10.4. The molecule has 4 atom stereocenters. The van der Waals surface area contributed by atoms with E-state index in [1.807, 2.05) is 20.8 Å². The van der Waals surface area contributed by atoms with Crippen molar-refractivity contribution in [3.63, 3.8) is 0 Å². The van der Waals surface area contributed by atoms with Crippen LogP contribution in [0.4, 0.5) is 0 Å². The van der Waals surface area contributed by atoms with Crippen molar-refractivity contribution in [2.24, 2.45) is 11.8 Å². The Morgan fingerprint density at radius 3 is 2.08 bits per heavy atom. The molecule has 0 bridgehead atoms. The Balaban J connectivity index is 3.99. The molecule has 3 nitrogen and oxygen atoms in total. The standard InChI is InChI=1S/C10H22O3/c1-7(6-12-4)10(11)8(2)9(3)13-5/h7-11H,6H2,1-5H3. The fraction of sp³-hybridized carbons (Fsp3) is 1.00. The van der Waals surface area contributed by atoms with Gasteiger partial charge in [-0.25, -0.2) is 0 Å². The summed E-state index contributed by atoms with van der Waals surface area (Å²) in [4.78, 5) is 0. The topological polar surface area (TPSA) is 38.7 Å². The van der Waals surface area contributed by atoms with Crippen LogP contribution in [-0.2, 0) is 9.47 Å². The first kappa shape index (κ1) is 12.9. The number of aliphatic hydroxyl groups is 1. The highest BCUT2D eigenvalue weighted by Gasteiger charge is 2.25. The smallest absolute Gasteiger partial charge is 0.0637 e. The Hall–Kier alpha value is -0.120.